The highest BCUT2D eigenvalue weighted by molar-refractivity contribution is 5.92. The number of hydrogen-bond acceptors (Lipinski definition) is 7. The second-order valence-electron chi connectivity index (χ2n) is 9.20. The summed E-state index contributed by atoms with van der Waals surface area (Å²) in [7, 11) is 0. The number of anilines is 1. The van der Waals surface area contributed by atoms with E-state index in [1.165, 1.54) is 16.7 Å². The summed E-state index contributed by atoms with van der Waals surface area (Å²) in [5, 5.41) is 8.58. The van der Waals surface area contributed by atoms with Crippen molar-refractivity contribution in [2.45, 2.75) is 40.7 Å². The molecule has 0 N–H and O–H groups in total. The Kier molecular flexibility index (Phi) is 9.06. The SMILES string of the molecule is CCOc1cncc(-c2ccc(CN3CCN(c4ccc(C(=O)N(CC)CC)nn4)CC3)c(CC)c2)c1. The molecule has 1 saturated heterocycles. The summed E-state index contributed by atoms with van der Waals surface area (Å²) in [5.74, 6) is 1.57. The van der Waals surface area contributed by atoms with Gasteiger partial charge in [0.05, 0.1) is 12.8 Å². The maximum absolute atomic E-state index is 12.5. The van der Waals surface area contributed by atoms with E-state index >= 15 is 0 Å². The Balaban J connectivity index is 1.36. The van der Waals surface area contributed by atoms with Crippen molar-refractivity contribution in [1.82, 2.24) is 25.0 Å². The van der Waals surface area contributed by atoms with Crippen LogP contribution in [0.15, 0.2) is 48.8 Å². The topological polar surface area (TPSA) is 74.7 Å². The molecule has 37 heavy (non-hydrogen) atoms. The zero-order valence-electron chi connectivity index (χ0n) is 22.5. The van der Waals surface area contributed by atoms with Crippen molar-refractivity contribution in [1.29, 1.82) is 0 Å². The summed E-state index contributed by atoms with van der Waals surface area (Å²) >= 11 is 0. The highest BCUT2D eigenvalue weighted by Crippen LogP contribution is 2.26. The number of nitrogens with zero attached hydrogens (tertiary/aromatic N) is 6. The number of piperazine rings is 1. The fourth-order valence-corrected chi connectivity index (χ4v) is 4.77. The molecule has 0 radical (unpaired) electrons. The molecular formula is C29H38N6O2. The Bertz CT molecular complexity index is 1170. The maximum Gasteiger partial charge on any atom is 0.274 e. The van der Waals surface area contributed by atoms with E-state index in [9.17, 15) is 4.79 Å². The third-order valence-corrected chi connectivity index (χ3v) is 6.96. The lowest BCUT2D eigenvalue weighted by atomic mass is 9.98. The molecule has 1 aromatic carbocycles. The van der Waals surface area contributed by atoms with Crippen LogP contribution in [0.25, 0.3) is 11.1 Å². The van der Waals surface area contributed by atoms with Gasteiger partial charge < -0.3 is 14.5 Å². The fraction of sp³-hybridized carbons (Fsp3) is 0.448. The van der Waals surface area contributed by atoms with Gasteiger partial charge in [-0.1, -0.05) is 25.1 Å². The first-order chi connectivity index (χ1) is 18.1. The zero-order valence-corrected chi connectivity index (χ0v) is 22.5. The smallest absolute Gasteiger partial charge is 0.274 e. The number of pyridine rings is 1. The lowest BCUT2D eigenvalue weighted by Gasteiger charge is -2.35. The molecule has 1 aliphatic rings. The van der Waals surface area contributed by atoms with Crippen molar-refractivity contribution >= 4 is 11.7 Å². The van der Waals surface area contributed by atoms with Gasteiger partial charge in [-0.2, -0.15) is 0 Å². The molecule has 2 aromatic heterocycles. The average molecular weight is 503 g/mol. The molecule has 0 atom stereocenters. The van der Waals surface area contributed by atoms with Crippen LogP contribution in [-0.4, -0.2) is 76.8 Å². The van der Waals surface area contributed by atoms with Crippen LogP contribution in [-0.2, 0) is 13.0 Å². The quantitative estimate of drug-likeness (QED) is 0.409. The molecule has 8 heteroatoms. The van der Waals surface area contributed by atoms with Gasteiger partial charge in [0.25, 0.3) is 5.91 Å². The average Bonchev–Trinajstić information content (AvgIpc) is 2.95. The number of amides is 1. The van der Waals surface area contributed by atoms with Gasteiger partial charge in [-0.25, -0.2) is 0 Å². The van der Waals surface area contributed by atoms with Gasteiger partial charge in [0.2, 0.25) is 0 Å². The Labute approximate surface area is 220 Å². The molecule has 196 valence electrons. The minimum absolute atomic E-state index is 0.0649. The van der Waals surface area contributed by atoms with E-state index in [1.54, 1.807) is 17.2 Å². The summed E-state index contributed by atoms with van der Waals surface area (Å²) in [5.41, 5.74) is 5.38. The molecule has 1 fully saturated rings. The lowest BCUT2D eigenvalue weighted by Crippen LogP contribution is -2.46. The van der Waals surface area contributed by atoms with Crippen LogP contribution >= 0.6 is 0 Å². The fourth-order valence-electron chi connectivity index (χ4n) is 4.77. The van der Waals surface area contributed by atoms with E-state index in [0.29, 0.717) is 25.4 Å². The van der Waals surface area contributed by atoms with Gasteiger partial charge >= 0.3 is 0 Å². The highest BCUT2D eigenvalue weighted by atomic mass is 16.5. The third-order valence-electron chi connectivity index (χ3n) is 6.96. The summed E-state index contributed by atoms with van der Waals surface area (Å²) in [6, 6.07) is 12.5. The van der Waals surface area contributed by atoms with Crippen LogP contribution in [0.1, 0.15) is 49.3 Å². The largest absolute Gasteiger partial charge is 0.492 e. The zero-order chi connectivity index (χ0) is 26.2. The van der Waals surface area contributed by atoms with Crippen LogP contribution in [0.5, 0.6) is 5.75 Å². The number of ether oxygens (including phenoxy) is 1. The Morgan fingerprint density at radius 3 is 2.32 bits per heavy atom. The summed E-state index contributed by atoms with van der Waals surface area (Å²) in [4.78, 5) is 23.3. The van der Waals surface area contributed by atoms with Gasteiger partial charge in [-0.3, -0.25) is 14.7 Å². The molecule has 3 heterocycles. The number of aromatic nitrogens is 3. The molecule has 4 rings (SSSR count). The van der Waals surface area contributed by atoms with Crippen molar-refractivity contribution in [3.63, 3.8) is 0 Å². The van der Waals surface area contributed by atoms with Crippen LogP contribution in [0.3, 0.4) is 0 Å². The Morgan fingerprint density at radius 1 is 0.892 bits per heavy atom. The molecule has 0 bridgehead atoms. The van der Waals surface area contributed by atoms with Crippen LogP contribution in [0.2, 0.25) is 0 Å². The number of carbonyl (C=O) groups excluding carboxylic acids is 1. The molecule has 0 spiro atoms. The monoisotopic (exact) mass is 502 g/mol. The van der Waals surface area contributed by atoms with Gasteiger partial charge in [-0.15, -0.1) is 10.2 Å². The Hall–Kier alpha value is -3.52. The number of carbonyl (C=O) groups is 1. The van der Waals surface area contributed by atoms with Crippen molar-refractivity contribution < 1.29 is 9.53 Å². The summed E-state index contributed by atoms with van der Waals surface area (Å²) in [6.45, 7) is 14.7. The van der Waals surface area contributed by atoms with E-state index in [1.807, 2.05) is 33.0 Å². The predicted octanol–water partition coefficient (Wildman–Crippen LogP) is 4.30. The maximum atomic E-state index is 12.5. The van der Waals surface area contributed by atoms with Crippen molar-refractivity contribution in [2.75, 3.05) is 50.8 Å². The highest BCUT2D eigenvalue weighted by Gasteiger charge is 2.21. The summed E-state index contributed by atoms with van der Waals surface area (Å²) < 4.78 is 5.63. The van der Waals surface area contributed by atoms with E-state index in [2.05, 4.69) is 56.2 Å². The Morgan fingerprint density at radius 2 is 1.68 bits per heavy atom. The van der Waals surface area contributed by atoms with Crippen LogP contribution in [0.4, 0.5) is 5.82 Å². The van der Waals surface area contributed by atoms with E-state index < -0.39 is 0 Å². The van der Waals surface area contributed by atoms with Crippen molar-refractivity contribution in [3.05, 3.63) is 65.6 Å². The predicted molar refractivity (Wildman–Crippen MR) is 147 cm³/mol. The number of rotatable bonds is 10. The van der Waals surface area contributed by atoms with E-state index in [0.717, 1.165) is 56.3 Å². The first kappa shape index (κ1) is 26.5. The molecule has 1 aliphatic heterocycles. The number of benzene rings is 1. The van der Waals surface area contributed by atoms with E-state index in [4.69, 9.17) is 4.74 Å². The number of aryl methyl sites for hydroxylation is 1. The van der Waals surface area contributed by atoms with Gasteiger partial charge in [0, 0.05) is 57.6 Å². The number of hydrogen-bond donors (Lipinski definition) is 0. The lowest BCUT2D eigenvalue weighted by molar-refractivity contribution is 0.0766. The normalized spacial score (nSPS) is 14.0. The minimum atomic E-state index is -0.0649. The van der Waals surface area contributed by atoms with Crippen molar-refractivity contribution in [3.8, 4) is 16.9 Å². The minimum Gasteiger partial charge on any atom is -0.492 e. The molecule has 0 saturated carbocycles. The van der Waals surface area contributed by atoms with Crippen LogP contribution in [0, 0.1) is 0 Å². The van der Waals surface area contributed by atoms with Gasteiger partial charge in [0.15, 0.2) is 11.5 Å². The van der Waals surface area contributed by atoms with E-state index in [-0.39, 0.29) is 5.91 Å². The molecular weight excluding hydrogens is 464 g/mol. The second kappa shape index (κ2) is 12.6. The standard InChI is InChI=1S/C29H38N6O2/c1-5-22-17-23(25-18-26(37-8-4)20-30-19-25)9-10-24(22)21-33-13-15-35(16-14-33)28-12-11-27(31-32-28)29(36)34(6-2)7-3/h9-12,17-20H,5-8,13-16,21H2,1-4H3. The first-order valence-corrected chi connectivity index (χ1v) is 13.4. The van der Waals surface area contributed by atoms with Gasteiger partial charge in [-0.05, 0) is 62.1 Å². The summed E-state index contributed by atoms with van der Waals surface area (Å²) in [6.07, 6.45) is 4.63. The van der Waals surface area contributed by atoms with Crippen LogP contribution < -0.4 is 9.64 Å². The third kappa shape index (κ3) is 6.43. The second-order valence-corrected chi connectivity index (χ2v) is 9.20. The van der Waals surface area contributed by atoms with Crippen molar-refractivity contribution in [2.24, 2.45) is 0 Å². The molecule has 0 aliphatic carbocycles. The van der Waals surface area contributed by atoms with Gasteiger partial charge in [0.1, 0.15) is 5.75 Å². The molecule has 8 nitrogen and oxygen atoms in total. The molecule has 0 unspecified atom stereocenters. The first-order valence-electron chi connectivity index (χ1n) is 13.4. The molecule has 3 aromatic rings. The molecule has 1 amide bonds.